The van der Waals surface area contributed by atoms with Crippen molar-refractivity contribution in [2.75, 3.05) is 35.7 Å². The molecule has 248 valence electrons. The van der Waals surface area contributed by atoms with Gasteiger partial charge < -0.3 is 25.0 Å². The Balaban J connectivity index is 1.70. The molecule has 0 bridgehead atoms. The second-order valence-electron chi connectivity index (χ2n) is 11.4. The van der Waals surface area contributed by atoms with Gasteiger partial charge in [-0.2, -0.15) is 15.0 Å². The van der Waals surface area contributed by atoms with Crippen molar-refractivity contribution in [2.24, 2.45) is 0 Å². The number of anilines is 3. The zero-order chi connectivity index (χ0) is 34.3. The van der Waals surface area contributed by atoms with E-state index in [1.807, 2.05) is 56.0 Å². The van der Waals surface area contributed by atoms with Crippen molar-refractivity contribution < 1.29 is 27.9 Å². The van der Waals surface area contributed by atoms with E-state index in [4.69, 9.17) is 4.74 Å². The number of benzene rings is 3. The van der Waals surface area contributed by atoms with Crippen molar-refractivity contribution >= 4 is 39.9 Å². The molecule has 2 N–H and O–H groups in total. The monoisotopic (exact) mass is 661 g/mol. The minimum absolute atomic E-state index is 0.0169. The molecule has 0 aliphatic heterocycles. The maximum absolute atomic E-state index is 13.6. The number of ether oxygens (including phenoxy) is 1. The van der Waals surface area contributed by atoms with E-state index >= 15 is 0 Å². The van der Waals surface area contributed by atoms with Crippen molar-refractivity contribution in [1.29, 1.82) is 0 Å². The number of aromatic nitrogens is 3. The van der Waals surface area contributed by atoms with Gasteiger partial charge in [-0.1, -0.05) is 60.2 Å². The van der Waals surface area contributed by atoms with Gasteiger partial charge in [-0.3, -0.25) is 0 Å². The number of carbonyl (C=O) groups excluding carboxylic acids is 1. The molecule has 1 amide bonds. The molecule has 0 saturated carbocycles. The lowest BCUT2D eigenvalue weighted by atomic mass is 10.1. The van der Waals surface area contributed by atoms with Crippen LogP contribution in [-0.4, -0.2) is 78.7 Å². The largest absolute Gasteiger partial charge is 0.480 e. The molecule has 1 atom stereocenters. The standard InChI is InChI=1S/C33H39N7O6S/c1-22(2)40(21-25-10-8-7-9-11-25)32-36-30(35-31(37-32)39(6)47(44,45)27-18-12-23(3)13-19-27)34-28(29(41)42)20-24-14-16-26(17-15-24)46-33(43)38(4)5/h7-19,22,28H,20-21H2,1-6H3,(H,41,42)(H,34,35,36,37)/t28-/m0/s1. The van der Waals surface area contributed by atoms with Crippen LogP contribution < -0.4 is 19.3 Å². The lowest BCUT2D eigenvalue weighted by Gasteiger charge is -2.28. The summed E-state index contributed by atoms with van der Waals surface area (Å²) in [4.78, 5) is 41.0. The summed E-state index contributed by atoms with van der Waals surface area (Å²) < 4.78 is 33.5. The smallest absolute Gasteiger partial charge is 0.414 e. The lowest BCUT2D eigenvalue weighted by molar-refractivity contribution is -0.137. The molecule has 0 spiro atoms. The van der Waals surface area contributed by atoms with Gasteiger partial charge in [0.1, 0.15) is 11.8 Å². The summed E-state index contributed by atoms with van der Waals surface area (Å²) in [6, 6.07) is 21.2. The predicted octanol–water partition coefficient (Wildman–Crippen LogP) is 4.59. The first-order valence-corrected chi connectivity index (χ1v) is 16.3. The van der Waals surface area contributed by atoms with E-state index in [-0.39, 0.29) is 35.2 Å². The van der Waals surface area contributed by atoms with E-state index in [0.717, 1.165) is 15.4 Å². The lowest BCUT2D eigenvalue weighted by Crippen LogP contribution is -2.36. The second kappa shape index (κ2) is 14.9. The average molecular weight is 662 g/mol. The van der Waals surface area contributed by atoms with E-state index in [9.17, 15) is 23.1 Å². The predicted molar refractivity (Wildman–Crippen MR) is 179 cm³/mol. The Morgan fingerprint density at radius 3 is 2.04 bits per heavy atom. The molecule has 4 aromatic rings. The average Bonchev–Trinajstić information content (AvgIpc) is 3.04. The molecule has 14 heteroatoms. The minimum Gasteiger partial charge on any atom is -0.480 e. The highest BCUT2D eigenvalue weighted by Crippen LogP contribution is 2.25. The number of nitrogens with zero attached hydrogens (tertiary/aromatic N) is 6. The molecule has 0 aliphatic carbocycles. The zero-order valence-corrected chi connectivity index (χ0v) is 28.0. The summed E-state index contributed by atoms with van der Waals surface area (Å²) >= 11 is 0. The summed E-state index contributed by atoms with van der Waals surface area (Å²) in [5.41, 5.74) is 2.51. The summed E-state index contributed by atoms with van der Waals surface area (Å²) in [5.74, 6) is -1.00. The van der Waals surface area contributed by atoms with Crippen LogP contribution in [0.5, 0.6) is 5.75 Å². The number of carboxylic acid groups (broad SMARTS) is 1. The fourth-order valence-corrected chi connectivity index (χ4v) is 5.50. The maximum atomic E-state index is 13.6. The van der Waals surface area contributed by atoms with Gasteiger partial charge in [0.25, 0.3) is 10.0 Å². The number of aliphatic carboxylic acids is 1. The van der Waals surface area contributed by atoms with Gasteiger partial charge in [0, 0.05) is 40.2 Å². The Morgan fingerprint density at radius 1 is 0.851 bits per heavy atom. The normalized spacial score (nSPS) is 11.9. The van der Waals surface area contributed by atoms with E-state index in [0.29, 0.717) is 17.9 Å². The molecule has 0 unspecified atom stereocenters. The number of amides is 1. The van der Waals surface area contributed by atoms with Crippen LogP contribution in [0.15, 0.2) is 83.8 Å². The van der Waals surface area contributed by atoms with Crippen molar-refractivity contribution in [3.8, 4) is 5.75 Å². The number of carboxylic acids is 1. The highest BCUT2D eigenvalue weighted by molar-refractivity contribution is 7.92. The molecule has 47 heavy (non-hydrogen) atoms. The van der Waals surface area contributed by atoms with Gasteiger partial charge in [0.2, 0.25) is 17.8 Å². The molecular formula is C33H39N7O6S. The third kappa shape index (κ3) is 8.94. The minimum atomic E-state index is -4.08. The molecule has 0 fully saturated rings. The molecule has 0 aliphatic rings. The van der Waals surface area contributed by atoms with Gasteiger partial charge >= 0.3 is 12.1 Å². The number of hydrogen-bond donors (Lipinski definition) is 2. The van der Waals surface area contributed by atoms with Crippen molar-refractivity contribution in [1.82, 2.24) is 19.9 Å². The summed E-state index contributed by atoms with van der Waals surface area (Å²) in [5, 5.41) is 13.0. The van der Waals surface area contributed by atoms with Crippen LogP contribution in [0.3, 0.4) is 0 Å². The van der Waals surface area contributed by atoms with Gasteiger partial charge in [0.15, 0.2) is 0 Å². The Morgan fingerprint density at radius 2 is 1.47 bits per heavy atom. The first kappa shape index (κ1) is 34.6. The highest BCUT2D eigenvalue weighted by Gasteiger charge is 2.28. The molecule has 4 rings (SSSR count). The molecular weight excluding hydrogens is 622 g/mol. The van der Waals surface area contributed by atoms with E-state index < -0.39 is 28.1 Å². The van der Waals surface area contributed by atoms with Crippen LogP contribution in [0.1, 0.15) is 30.5 Å². The van der Waals surface area contributed by atoms with Crippen LogP contribution in [0.25, 0.3) is 0 Å². The van der Waals surface area contributed by atoms with Gasteiger partial charge in [-0.15, -0.1) is 0 Å². The van der Waals surface area contributed by atoms with Crippen LogP contribution in [0.2, 0.25) is 0 Å². The third-order valence-corrected chi connectivity index (χ3v) is 8.94. The van der Waals surface area contributed by atoms with Crippen LogP contribution in [-0.2, 0) is 27.8 Å². The number of rotatable bonds is 13. The molecule has 1 heterocycles. The summed E-state index contributed by atoms with van der Waals surface area (Å²) in [6.07, 6.45) is -0.524. The molecule has 0 radical (unpaired) electrons. The number of sulfonamides is 1. The Hall–Kier alpha value is -5.24. The summed E-state index contributed by atoms with van der Waals surface area (Å²) in [6.45, 7) is 6.16. The van der Waals surface area contributed by atoms with E-state index in [1.165, 1.54) is 24.1 Å². The fourth-order valence-electron chi connectivity index (χ4n) is 4.41. The van der Waals surface area contributed by atoms with Crippen molar-refractivity contribution in [3.63, 3.8) is 0 Å². The van der Waals surface area contributed by atoms with E-state index in [1.54, 1.807) is 50.5 Å². The quantitative estimate of drug-likeness (QED) is 0.206. The topological polar surface area (TPSA) is 158 Å². The number of nitrogens with one attached hydrogen (secondary N) is 1. The number of carbonyl (C=O) groups is 2. The Labute approximate surface area is 274 Å². The first-order valence-electron chi connectivity index (χ1n) is 14.8. The van der Waals surface area contributed by atoms with E-state index in [2.05, 4.69) is 20.3 Å². The Kier molecular flexibility index (Phi) is 11.0. The van der Waals surface area contributed by atoms with Crippen molar-refractivity contribution in [3.05, 3.63) is 95.6 Å². The Bertz CT molecular complexity index is 1780. The molecule has 13 nitrogen and oxygen atoms in total. The highest BCUT2D eigenvalue weighted by atomic mass is 32.2. The maximum Gasteiger partial charge on any atom is 0.414 e. The summed E-state index contributed by atoms with van der Waals surface area (Å²) in [7, 11) is 0.392. The molecule has 0 saturated heterocycles. The number of hydrogen-bond acceptors (Lipinski definition) is 10. The van der Waals surface area contributed by atoms with Gasteiger partial charge in [-0.25, -0.2) is 22.3 Å². The molecule has 1 aromatic heterocycles. The molecule has 3 aromatic carbocycles. The van der Waals surface area contributed by atoms with Crippen LogP contribution >= 0.6 is 0 Å². The van der Waals surface area contributed by atoms with Gasteiger partial charge in [0.05, 0.1) is 4.90 Å². The van der Waals surface area contributed by atoms with Crippen LogP contribution in [0, 0.1) is 6.92 Å². The third-order valence-electron chi connectivity index (χ3n) is 7.18. The second-order valence-corrected chi connectivity index (χ2v) is 13.4. The number of aryl methyl sites for hydroxylation is 1. The van der Waals surface area contributed by atoms with Gasteiger partial charge in [-0.05, 0) is 56.2 Å². The zero-order valence-electron chi connectivity index (χ0n) is 27.2. The first-order chi connectivity index (χ1) is 22.2. The van der Waals surface area contributed by atoms with Crippen molar-refractivity contribution in [2.45, 2.75) is 50.7 Å². The SMILES string of the molecule is Cc1ccc(S(=O)(=O)N(C)c2nc(N[C@@H](Cc3ccc(OC(=O)N(C)C)cc3)C(=O)O)nc(N(Cc3ccccc3)C(C)C)n2)cc1. The fraction of sp³-hybridized carbons (Fsp3) is 0.303. The van der Waals surface area contributed by atoms with Crippen LogP contribution in [0.4, 0.5) is 22.6 Å².